The number of likely N-dealkylation sites (N-methyl/N-ethyl adjacent to an activating group) is 3. The second kappa shape index (κ2) is 4.31. The van der Waals surface area contributed by atoms with Gasteiger partial charge in [0, 0.05) is 39.3 Å². The molecule has 3 aliphatic heterocycles. The maximum atomic E-state index is 6.93. The Balaban J connectivity index is 2.29. The quantitative estimate of drug-likeness (QED) is 0.434. The molecule has 3 aliphatic rings. The maximum absolute atomic E-state index is 6.93. The van der Waals surface area contributed by atoms with Crippen molar-refractivity contribution in [2.75, 3.05) is 60.4 Å². The molecule has 0 atom stereocenters. The van der Waals surface area contributed by atoms with E-state index in [9.17, 15) is 0 Å². The molecule has 0 aromatic heterocycles. The van der Waals surface area contributed by atoms with Crippen molar-refractivity contribution < 1.29 is 0 Å². The van der Waals surface area contributed by atoms with Crippen LogP contribution in [-0.2, 0) is 0 Å². The van der Waals surface area contributed by atoms with Gasteiger partial charge in [0.25, 0.3) is 0 Å². The van der Waals surface area contributed by atoms with Crippen molar-refractivity contribution in [3.63, 3.8) is 0 Å². The average Bonchev–Trinajstić information content (AvgIpc) is 2.22. The average molecular weight is 249 g/mol. The molecule has 3 rings (SSSR count). The van der Waals surface area contributed by atoms with E-state index < -0.39 is 7.87 Å². The second-order valence-electron chi connectivity index (χ2n) is 4.66. The molecule has 2 bridgehead atoms. The van der Waals surface area contributed by atoms with E-state index in [1.807, 2.05) is 0 Å². The molecule has 3 fully saturated rings. The number of hydrogen-bond acceptors (Lipinski definition) is 4. The SMILES string of the molecule is CN1CCN2CCN(C)[Si]1(Cl)N(C)CC2. The van der Waals surface area contributed by atoms with Gasteiger partial charge in [0.1, 0.15) is 0 Å². The summed E-state index contributed by atoms with van der Waals surface area (Å²) < 4.78 is 7.12. The summed E-state index contributed by atoms with van der Waals surface area (Å²) in [6.07, 6.45) is 0. The third kappa shape index (κ3) is 1.97. The van der Waals surface area contributed by atoms with Crippen LogP contribution in [0.2, 0.25) is 0 Å². The molecule has 6 heteroatoms. The van der Waals surface area contributed by atoms with E-state index in [1.54, 1.807) is 0 Å². The monoisotopic (exact) mass is 248 g/mol. The van der Waals surface area contributed by atoms with Crippen molar-refractivity contribution in [1.82, 2.24) is 18.6 Å². The lowest BCUT2D eigenvalue weighted by molar-refractivity contribution is 0.161. The number of rotatable bonds is 0. The van der Waals surface area contributed by atoms with Crippen LogP contribution >= 0.6 is 11.1 Å². The smallest absolute Gasteiger partial charge is 0.300 e. The van der Waals surface area contributed by atoms with E-state index >= 15 is 0 Å². The Morgan fingerprint density at radius 1 is 0.733 bits per heavy atom. The molecule has 0 aromatic rings. The Hall–Kier alpha value is 0.347. The highest BCUT2D eigenvalue weighted by atomic mass is 35.6. The zero-order chi connectivity index (χ0) is 11.1. The summed E-state index contributed by atoms with van der Waals surface area (Å²) in [7, 11) is 4.46. The van der Waals surface area contributed by atoms with E-state index in [0.29, 0.717) is 0 Å². The van der Waals surface area contributed by atoms with Crippen LogP contribution < -0.4 is 0 Å². The first kappa shape index (κ1) is 11.8. The Labute approximate surface area is 98.3 Å². The number of halogens is 1. The van der Waals surface area contributed by atoms with Crippen molar-refractivity contribution in [2.24, 2.45) is 0 Å². The summed E-state index contributed by atoms with van der Waals surface area (Å²) in [6.45, 7) is 6.76. The summed E-state index contributed by atoms with van der Waals surface area (Å²) in [5, 5.41) is 0. The zero-order valence-electron chi connectivity index (χ0n) is 9.91. The van der Waals surface area contributed by atoms with Crippen LogP contribution in [-0.4, -0.2) is 86.9 Å². The van der Waals surface area contributed by atoms with Crippen LogP contribution in [0.5, 0.6) is 0 Å². The van der Waals surface area contributed by atoms with Crippen molar-refractivity contribution in [2.45, 2.75) is 0 Å². The Morgan fingerprint density at radius 2 is 1.07 bits per heavy atom. The van der Waals surface area contributed by atoms with Crippen molar-refractivity contribution in [3.8, 4) is 0 Å². The van der Waals surface area contributed by atoms with Gasteiger partial charge in [0.15, 0.2) is 0 Å². The number of nitrogens with zero attached hydrogens (tertiary/aromatic N) is 4. The zero-order valence-corrected chi connectivity index (χ0v) is 11.7. The summed E-state index contributed by atoms with van der Waals surface area (Å²) in [5.41, 5.74) is 0. The molecule has 88 valence electrons. The van der Waals surface area contributed by atoms with Gasteiger partial charge in [0.2, 0.25) is 0 Å². The van der Waals surface area contributed by atoms with Gasteiger partial charge in [-0.05, 0) is 21.1 Å². The minimum atomic E-state index is -2.05. The first-order chi connectivity index (χ1) is 7.05. The minimum absolute atomic E-state index is 1.09. The summed E-state index contributed by atoms with van der Waals surface area (Å²) in [5.74, 6) is 0. The van der Waals surface area contributed by atoms with Gasteiger partial charge < -0.3 is 0 Å². The largest absolute Gasteiger partial charge is 0.392 e. The van der Waals surface area contributed by atoms with Crippen LogP contribution in [0.1, 0.15) is 0 Å². The molecule has 0 saturated carbocycles. The molecule has 4 nitrogen and oxygen atoms in total. The molecular formula is C9H21ClN4Si. The van der Waals surface area contributed by atoms with Gasteiger partial charge >= 0.3 is 7.87 Å². The molecule has 0 aliphatic carbocycles. The van der Waals surface area contributed by atoms with Crippen molar-refractivity contribution >= 4 is 18.9 Å². The van der Waals surface area contributed by atoms with E-state index in [0.717, 1.165) is 19.6 Å². The molecule has 0 unspecified atom stereocenters. The third-order valence-corrected chi connectivity index (χ3v) is 9.89. The minimum Gasteiger partial charge on any atom is -0.300 e. The third-order valence-electron chi connectivity index (χ3n) is 3.71. The topological polar surface area (TPSA) is 13.0 Å². The fraction of sp³-hybridized carbons (Fsp3) is 1.00. The molecular weight excluding hydrogens is 228 g/mol. The van der Waals surface area contributed by atoms with E-state index in [-0.39, 0.29) is 0 Å². The molecule has 15 heavy (non-hydrogen) atoms. The fourth-order valence-corrected chi connectivity index (χ4v) is 6.17. The Kier molecular flexibility index (Phi) is 3.40. The maximum Gasteiger partial charge on any atom is 0.392 e. The van der Waals surface area contributed by atoms with Crippen molar-refractivity contribution in [3.05, 3.63) is 0 Å². The Morgan fingerprint density at radius 3 is 1.40 bits per heavy atom. The predicted octanol–water partition coefficient (Wildman–Crippen LogP) is -0.215. The number of fused-ring (bicyclic) bond motifs is 6. The van der Waals surface area contributed by atoms with Crippen LogP contribution in [0.15, 0.2) is 0 Å². The normalized spacial score (nSPS) is 41.2. The van der Waals surface area contributed by atoms with E-state index in [1.165, 1.54) is 19.6 Å². The lowest BCUT2D eigenvalue weighted by Gasteiger charge is -2.50. The molecule has 0 spiro atoms. The molecule has 3 saturated heterocycles. The molecule has 0 aromatic carbocycles. The summed E-state index contributed by atoms with van der Waals surface area (Å²) >= 11 is 6.93. The fourth-order valence-electron chi connectivity index (χ4n) is 2.51. The van der Waals surface area contributed by atoms with Gasteiger partial charge in [0.05, 0.1) is 0 Å². The van der Waals surface area contributed by atoms with Gasteiger partial charge in [-0.1, -0.05) is 0 Å². The van der Waals surface area contributed by atoms with Gasteiger partial charge in [-0.2, -0.15) is 0 Å². The first-order valence-electron chi connectivity index (χ1n) is 5.60. The summed E-state index contributed by atoms with van der Waals surface area (Å²) in [4.78, 5) is 2.54. The van der Waals surface area contributed by atoms with Crippen LogP contribution in [0.3, 0.4) is 0 Å². The van der Waals surface area contributed by atoms with Gasteiger partial charge in [-0.3, -0.25) is 18.6 Å². The highest BCUT2D eigenvalue weighted by molar-refractivity contribution is 7.15. The molecule has 3 heterocycles. The molecule has 0 N–H and O–H groups in total. The lowest BCUT2D eigenvalue weighted by atomic mass is 10.4. The predicted molar refractivity (Wildman–Crippen MR) is 65.9 cm³/mol. The summed E-state index contributed by atoms with van der Waals surface area (Å²) in [6, 6.07) is 0. The highest BCUT2D eigenvalue weighted by Crippen LogP contribution is 2.24. The van der Waals surface area contributed by atoms with E-state index in [4.69, 9.17) is 11.1 Å². The lowest BCUT2D eigenvalue weighted by Crippen LogP contribution is -2.73. The van der Waals surface area contributed by atoms with E-state index in [2.05, 4.69) is 39.7 Å². The molecule has 0 amide bonds. The van der Waals surface area contributed by atoms with Crippen LogP contribution in [0.4, 0.5) is 0 Å². The number of hydrogen-bond donors (Lipinski definition) is 0. The second-order valence-corrected chi connectivity index (χ2v) is 9.58. The van der Waals surface area contributed by atoms with Crippen LogP contribution in [0.25, 0.3) is 0 Å². The van der Waals surface area contributed by atoms with Crippen molar-refractivity contribution in [1.29, 1.82) is 0 Å². The van der Waals surface area contributed by atoms with Crippen LogP contribution in [0, 0.1) is 0 Å². The first-order valence-corrected chi connectivity index (χ1v) is 8.45. The highest BCUT2D eigenvalue weighted by Gasteiger charge is 2.48. The van der Waals surface area contributed by atoms with Gasteiger partial charge in [-0.15, -0.1) is 11.1 Å². The standard InChI is InChI=1S/C9H21ClN4Si/c1-11-4-7-14-8-5-12(2)15(11,10)13(3)6-9-14/h4-9H2,1-3H3. The molecule has 0 radical (unpaired) electrons. The Bertz CT molecular complexity index is 204. The van der Waals surface area contributed by atoms with Gasteiger partial charge in [-0.25, -0.2) is 0 Å².